The molecular formula is C20H11Cl2F5N2O. The number of hydrogen-bond donors (Lipinski definition) is 1. The van der Waals surface area contributed by atoms with Crippen LogP contribution in [0.3, 0.4) is 0 Å². The Kier molecular flexibility index (Phi) is 6.79. The molecule has 30 heavy (non-hydrogen) atoms. The molecular weight excluding hydrogens is 450 g/mol. The van der Waals surface area contributed by atoms with Gasteiger partial charge in [-0.05, 0) is 24.3 Å². The molecule has 0 amide bonds. The van der Waals surface area contributed by atoms with Gasteiger partial charge in [-0.15, -0.1) is 0 Å². The summed E-state index contributed by atoms with van der Waals surface area (Å²) < 4.78 is 72.6. The number of nitrogens with one attached hydrogen (secondary N) is 1. The average molecular weight is 461 g/mol. The molecule has 0 aliphatic heterocycles. The first-order valence-electron chi connectivity index (χ1n) is 8.26. The fraction of sp³-hybridized carbons (Fsp3) is 0.0500. The van der Waals surface area contributed by atoms with Crippen molar-refractivity contribution in [2.24, 2.45) is 5.10 Å². The summed E-state index contributed by atoms with van der Waals surface area (Å²) in [5, 5.41) is 4.43. The lowest BCUT2D eigenvalue weighted by molar-refractivity contribution is 0.306. The summed E-state index contributed by atoms with van der Waals surface area (Å²) in [4.78, 5) is 0. The molecule has 0 fully saturated rings. The predicted octanol–water partition coefficient (Wildman–Crippen LogP) is 6.71. The van der Waals surface area contributed by atoms with E-state index in [2.05, 4.69) is 5.10 Å². The minimum Gasteiger partial charge on any atom is -0.488 e. The zero-order valence-electron chi connectivity index (χ0n) is 14.8. The third kappa shape index (κ3) is 4.66. The minimum absolute atomic E-state index is 0.0892. The molecule has 0 saturated heterocycles. The fourth-order valence-electron chi connectivity index (χ4n) is 2.38. The Labute approximate surface area is 177 Å². The number of anilines is 1. The Morgan fingerprint density at radius 3 is 2.17 bits per heavy atom. The van der Waals surface area contributed by atoms with Gasteiger partial charge in [0.05, 0.1) is 6.21 Å². The second kappa shape index (κ2) is 9.32. The second-order valence-electron chi connectivity index (χ2n) is 5.88. The van der Waals surface area contributed by atoms with E-state index in [1.165, 1.54) is 0 Å². The van der Waals surface area contributed by atoms with Gasteiger partial charge in [-0.2, -0.15) is 5.10 Å². The van der Waals surface area contributed by atoms with Crippen molar-refractivity contribution in [2.75, 3.05) is 5.43 Å². The van der Waals surface area contributed by atoms with Crippen molar-refractivity contribution in [3.63, 3.8) is 0 Å². The number of nitrogens with zero attached hydrogens (tertiary/aromatic N) is 1. The smallest absolute Gasteiger partial charge is 0.200 e. The van der Waals surface area contributed by atoms with Gasteiger partial charge in [-0.25, -0.2) is 22.0 Å². The maximum absolute atomic E-state index is 13.7. The molecule has 0 aliphatic carbocycles. The van der Waals surface area contributed by atoms with Crippen LogP contribution in [-0.2, 0) is 6.61 Å². The van der Waals surface area contributed by atoms with Gasteiger partial charge in [0.2, 0.25) is 5.82 Å². The van der Waals surface area contributed by atoms with Crippen molar-refractivity contribution in [2.45, 2.75) is 6.61 Å². The van der Waals surface area contributed by atoms with Gasteiger partial charge in [0.1, 0.15) is 18.0 Å². The van der Waals surface area contributed by atoms with Crippen LogP contribution in [0.1, 0.15) is 11.1 Å². The third-order valence-corrected chi connectivity index (χ3v) is 4.49. The van der Waals surface area contributed by atoms with Gasteiger partial charge < -0.3 is 4.74 Å². The van der Waals surface area contributed by atoms with Crippen LogP contribution in [0, 0.1) is 29.1 Å². The summed E-state index contributed by atoms with van der Waals surface area (Å²) in [5.41, 5.74) is 1.60. The first-order valence-corrected chi connectivity index (χ1v) is 9.01. The molecule has 3 nitrogen and oxygen atoms in total. The molecule has 0 unspecified atom stereocenters. The van der Waals surface area contributed by atoms with Gasteiger partial charge in [0, 0.05) is 21.2 Å². The number of rotatable bonds is 6. The van der Waals surface area contributed by atoms with Gasteiger partial charge in [-0.1, -0.05) is 41.4 Å². The molecule has 3 aromatic carbocycles. The van der Waals surface area contributed by atoms with Crippen LogP contribution in [0.5, 0.6) is 5.75 Å². The summed E-state index contributed by atoms with van der Waals surface area (Å²) >= 11 is 11.9. The Bertz CT molecular complexity index is 1100. The lowest BCUT2D eigenvalue weighted by Crippen LogP contribution is -2.06. The van der Waals surface area contributed by atoms with Crippen molar-refractivity contribution in [3.8, 4) is 5.75 Å². The summed E-state index contributed by atoms with van der Waals surface area (Å²) in [5.74, 6) is -10.1. The van der Waals surface area contributed by atoms with E-state index in [-0.39, 0.29) is 6.61 Å². The Morgan fingerprint density at radius 1 is 0.867 bits per heavy atom. The lowest BCUT2D eigenvalue weighted by atomic mass is 10.2. The van der Waals surface area contributed by atoms with Crippen molar-refractivity contribution in [1.29, 1.82) is 0 Å². The lowest BCUT2D eigenvalue weighted by Gasteiger charge is -2.11. The molecule has 1 N–H and O–H groups in total. The van der Waals surface area contributed by atoms with Gasteiger partial charge in [0.25, 0.3) is 0 Å². The summed E-state index contributed by atoms with van der Waals surface area (Å²) in [6, 6.07) is 11.4. The monoisotopic (exact) mass is 460 g/mol. The molecule has 0 atom stereocenters. The minimum atomic E-state index is -2.25. The molecule has 0 aromatic heterocycles. The molecule has 0 saturated carbocycles. The third-order valence-electron chi connectivity index (χ3n) is 3.91. The van der Waals surface area contributed by atoms with E-state index in [9.17, 15) is 22.0 Å². The van der Waals surface area contributed by atoms with Crippen LogP contribution in [-0.4, -0.2) is 6.21 Å². The highest BCUT2D eigenvalue weighted by molar-refractivity contribution is 6.35. The fourth-order valence-corrected chi connectivity index (χ4v) is 2.85. The second-order valence-corrected chi connectivity index (χ2v) is 6.72. The molecule has 0 radical (unpaired) electrons. The molecule has 10 heteroatoms. The number of benzene rings is 3. The quantitative estimate of drug-likeness (QED) is 0.146. The van der Waals surface area contributed by atoms with Crippen LogP contribution in [0.25, 0.3) is 0 Å². The summed E-state index contributed by atoms with van der Waals surface area (Å²) in [6.07, 6.45) is 1.11. The number of halogens is 7. The Morgan fingerprint density at radius 2 is 1.50 bits per heavy atom. The number of para-hydroxylation sites is 1. The molecule has 0 bridgehead atoms. The van der Waals surface area contributed by atoms with Crippen LogP contribution < -0.4 is 10.2 Å². The first-order chi connectivity index (χ1) is 14.3. The molecule has 156 valence electrons. The van der Waals surface area contributed by atoms with Crippen molar-refractivity contribution in [3.05, 3.63) is 92.7 Å². The van der Waals surface area contributed by atoms with E-state index >= 15 is 0 Å². The zero-order chi connectivity index (χ0) is 21.8. The Balaban J connectivity index is 1.78. The molecule has 0 aliphatic rings. The molecule has 0 heterocycles. The van der Waals surface area contributed by atoms with Crippen LogP contribution in [0.2, 0.25) is 10.0 Å². The van der Waals surface area contributed by atoms with Gasteiger partial charge in [0.15, 0.2) is 23.3 Å². The highest BCUT2D eigenvalue weighted by Gasteiger charge is 2.25. The van der Waals surface area contributed by atoms with E-state index in [0.717, 1.165) is 6.21 Å². The summed E-state index contributed by atoms with van der Waals surface area (Å²) in [7, 11) is 0. The van der Waals surface area contributed by atoms with Crippen LogP contribution >= 0.6 is 23.2 Å². The van der Waals surface area contributed by atoms with E-state index in [1.54, 1.807) is 42.5 Å². The zero-order valence-corrected chi connectivity index (χ0v) is 16.3. The highest BCUT2D eigenvalue weighted by atomic mass is 35.5. The SMILES string of the molecule is Fc1c(F)c(F)c(N/N=C/c2ccccc2OCc2ccc(Cl)cc2Cl)c(F)c1F. The largest absolute Gasteiger partial charge is 0.488 e. The highest BCUT2D eigenvalue weighted by Crippen LogP contribution is 2.27. The number of ether oxygens (including phenoxy) is 1. The van der Waals surface area contributed by atoms with E-state index < -0.39 is 34.8 Å². The van der Waals surface area contributed by atoms with Crippen LogP contribution in [0.4, 0.5) is 27.6 Å². The molecule has 3 rings (SSSR count). The van der Waals surface area contributed by atoms with Crippen molar-refractivity contribution >= 4 is 35.1 Å². The predicted molar refractivity (Wildman–Crippen MR) is 105 cm³/mol. The van der Waals surface area contributed by atoms with Crippen LogP contribution in [0.15, 0.2) is 47.6 Å². The van der Waals surface area contributed by atoms with Crippen molar-refractivity contribution in [1.82, 2.24) is 0 Å². The van der Waals surface area contributed by atoms with E-state index in [4.69, 9.17) is 27.9 Å². The summed E-state index contributed by atoms with van der Waals surface area (Å²) in [6.45, 7) is 0.0892. The van der Waals surface area contributed by atoms with Gasteiger partial charge in [-0.3, -0.25) is 5.43 Å². The Hall–Kier alpha value is -2.84. The maximum atomic E-state index is 13.7. The number of hydrazone groups is 1. The molecule has 0 spiro atoms. The number of hydrogen-bond acceptors (Lipinski definition) is 3. The van der Waals surface area contributed by atoms with E-state index in [0.29, 0.717) is 26.9 Å². The van der Waals surface area contributed by atoms with E-state index in [1.807, 2.05) is 5.43 Å². The molecule has 3 aromatic rings. The average Bonchev–Trinajstić information content (AvgIpc) is 2.73. The topological polar surface area (TPSA) is 33.6 Å². The normalized spacial score (nSPS) is 11.2. The standard InChI is InChI=1S/C20H11Cl2F5N2O/c21-12-6-5-11(13(22)7-12)9-30-14-4-2-1-3-10(14)8-28-29-20-18(26)16(24)15(23)17(25)19(20)27/h1-8,29H,9H2/b28-8+. The van der Waals surface area contributed by atoms with Crippen molar-refractivity contribution < 1.29 is 26.7 Å². The maximum Gasteiger partial charge on any atom is 0.200 e. The van der Waals surface area contributed by atoms with Gasteiger partial charge >= 0.3 is 0 Å². The first kappa shape index (κ1) is 21.9.